The third-order valence-electron chi connectivity index (χ3n) is 4.96. The van der Waals surface area contributed by atoms with E-state index in [2.05, 4.69) is 10.3 Å². The lowest BCUT2D eigenvalue weighted by molar-refractivity contribution is -0.131. The van der Waals surface area contributed by atoms with Gasteiger partial charge in [0.1, 0.15) is 5.01 Å². The van der Waals surface area contributed by atoms with Crippen molar-refractivity contribution in [2.45, 2.75) is 25.8 Å². The van der Waals surface area contributed by atoms with Crippen LogP contribution in [0.2, 0.25) is 0 Å². The Balaban J connectivity index is 1.34. The first-order valence-corrected chi connectivity index (χ1v) is 9.89. The summed E-state index contributed by atoms with van der Waals surface area (Å²) in [5.74, 6) is -0.101. The van der Waals surface area contributed by atoms with Gasteiger partial charge in [-0.25, -0.2) is 4.98 Å². The first kappa shape index (κ1) is 17.7. The minimum atomic E-state index is -0.153. The molecule has 2 amide bonds. The van der Waals surface area contributed by atoms with E-state index in [0.717, 1.165) is 26.5 Å². The Morgan fingerprint density at radius 2 is 2.00 bits per heavy atom. The third kappa shape index (κ3) is 3.85. The van der Waals surface area contributed by atoms with E-state index in [1.165, 1.54) is 0 Å². The molecule has 1 atom stereocenters. The Labute approximate surface area is 162 Å². The second-order valence-corrected chi connectivity index (χ2v) is 8.03. The number of aromatic nitrogens is 1. The smallest absolute Gasteiger partial charge is 0.227 e. The fourth-order valence-electron chi connectivity index (χ4n) is 3.41. The lowest BCUT2D eigenvalue weighted by atomic mass is 9.89. The number of nitrogens with zero attached hydrogens (tertiary/aromatic N) is 2. The van der Waals surface area contributed by atoms with E-state index in [1.54, 1.807) is 23.3 Å². The lowest BCUT2D eigenvalue weighted by Gasteiger charge is -2.25. The summed E-state index contributed by atoms with van der Waals surface area (Å²) in [6, 6.07) is 15.8. The lowest BCUT2D eigenvalue weighted by Crippen LogP contribution is -2.32. The van der Waals surface area contributed by atoms with Crippen LogP contribution in [-0.2, 0) is 22.6 Å². The molecule has 27 heavy (non-hydrogen) atoms. The molecule has 0 saturated carbocycles. The van der Waals surface area contributed by atoms with Crippen molar-refractivity contribution in [3.8, 4) is 0 Å². The van der Waals surface area contributed by atoms with Gasteiger partial charge in [0.2, 0.25) is 11.8 Å². The van der Waals surface area contributed by atoms with Gasteiger partial charge in [-0.1, -0.05) is 30.3 Å². The monoisotopic (exact) mass is 379 g/mol. The molecule has 0 fully saturated rings. The van der Waals surface area contributed by atoms with Gasteiger partial charge in [-0.05, 0) is 36.6 Å². The zero-order chi connectivity index (χ0) is 18.8. The maximum absolute atomic E-state index is 12.5. The highest BCUT2D eigenvalue weighted by atomic mass is 32.1. The molecule has 2 aromatic carbocycles. The number of carbonyl (C=O) groups excluding carboxylic acids is 2. The van der Waals surface area contributed by atoms with Crippen molar-refractivity contribution >= 4 is 39.1 Å². The van der Waals surface area contributed by atoms with Gasteiger partial charge in [0.25, 0.3) is 0 Å². The zero-order valence-corrected chi connectivity index (χ0v) is 16.0. The molecule has 1 aliphatic rings. The summed E-state index contributed by atoms with van der Waals surface area (Å²) in [4.78, 5) is 31.1. The van der Waals surface area contributed by atoms with Crippen molar-refractivity contribution in [2.75, 3.05) is 12.4 Å². The van der Waals surface area contributed by atoms with E-state index in [4.69, 9.17) is 0 Å². The Morgan fingerprint density at radius 3 is 2.85 bits per heavy atom. The maximum atomic E-state index is 12.5. The SMILES string of the molecule is CN(Cc1nc2ccccc2s1)C(=O)CCC1Cc2ccccc2NC1=O. The molecule has 1 aliphatic heterocycles. The van der Waals surface area contributed by atoms with E-state index in [9.17, 15) is 9.59 Å². The van der Waals surface area contributed by atoms with Gasteiger partial charge >= 0.3 is 0 Å². The quantitative estimate of drug-likeness (QED) is 0.732. The maximum Gasteiger partial charge on any atom is 0.227 e. The predicted molar refractivity (Wildman–Crippen MR) is 108 cm³/mol. The van der Waals surface area contributed by atoms with Gasteiger partial charge in [0.15, 0.2) is 0 Å². The number of nitrogens with one attached hydrogen (secondary N) is 1. The molecule has 5 nitrogen and oxygen atoms in total. The van der Waals surface area contributed by atoms with E-state index >= 15 is 0 Å². The molecule has 0 saturated heterocycles. The summed E-state index contributed by atoms with van der Waals surface area (Å²) < 4.78 is 1.13. The molecule has 138 valence electrons. The van der Waals surface area contributed by atoms with Crippen molar-refractivity contribution in [2.24, 2.45) is 5.92 Å². The van der Waals surface area contributed by atoms with Gasteiger partial charge in [-0.3, -0.25) is 9.59 Å². The second-order valence-electron chi connectivity index (χ2n) is 6.91. The van der Waals surface area contributed by atoms with Crippen molar-refractivity contribution < 1.29 is 9.59 Å². The summed E-state index contributed by atoms with van der Waals surface area (Å²) in [6.07, 6.45) is 1.61. The number of carbonyl (C=O) groups is 2. The van der Waals surface area contributed by atoms with Crippen LogP contribution in [0, 0.1) is 5.92 Å². The highest BCUT2D eigenvalue weighted by Gasteiger charge is 2.26. The third-order valence-corrected chi connectivity index (χ3v) is 5.98. The minimum Gasteiger partial charge on any atom is -0.339 e. The summed E-state index contributed by atoms with van der Waals surface area (Å²) in [5, 5.41) is 3.87. The number of rotatable bonds is 5. The summed E-state index contributed by atoms with van der Waals surface area (Å²) in [6.45, 7) is 0.498. The number of hydrogen-bond acceptors (Lipinski definition) is 4. The van der Waals surface area contributed by atoms with Crippen LogP contribution < -0.4 is 5.32 Å². The van der Waals surface area contributed by atoms with Crippen molar-refractivity contribution in [1.82, 2.24) is 9.88 Å². The van der Waals surface area contributed by atoms with Crippen LogP contribution in [0.5, 0.6) is 0 Å². The van der Waals surface area contributed by atoms with Crippen LogP contribution in [-0.4, -0.2) is 28.7 Å². The molecule has 1 unspecified atom stereocenters. The molecule has 0 aliphatic carbocycles. The molecule has 4 rings (SSSR count). The first-order chi connectivity index (χ1) is 13.1. The topological polar surface area (TPSA) is 62.3 Å². The number of benzene rings is 2. The van der Waals surface area contributed by atoms with Crippen molar-refractivity contribution in [3.05, 3.63) is 59.1 Å². The van der Waals surface area contributed by atoms with E-state index in [-0.39, 0.29) is 17.7 Å². The van der Waals surface area contributed by atoms with Crippen LogP contribution in [0.3, 0.4) is 0 Å². The molecule has 6 heteroatoms. The number of amides is 2. The summed E-state index contributed by atoms with van der Waals surface area (Å²) in [5.41, 5.74) is 2.99. The standard InChI is InChI=1S/C21H21N3O2S/c1-24(13-19-22-17-8-4-5-9-18(17)27-19)20(25)11-10-15-12-14-6-2-3-7-16(14)23-21(15)26/h2-9,15H,10-13H2,1H3,(H,23,26). The fourth-order valence-corrected chi connectivity index (χ4v) is 4.43. The molecule has 2 heterocycles. The number of fused-ring (bicyclic) bond motifs is 2. The van der Waals surface area contributed by atoms with Crippen LogP contribution >= 0.6 is 11.3 Å². The van der Waals surface area contributed by atoms with E-state index < -0.39 is 0 Å². The van der Waals surface area contributed by atoms with Crippen molar-refractivity contribution in [1.29, 1.82) is 0 Å². The molecule has 1 aromatic heterocycles. The summed E-state index contributed by atoms with van der Waals surface area (Å²) >= 11 is 1.61. The average Bonchev–Trinajstić information content (AvgIpc) is 3.08. The first-order valence-electron chi connectivity index (χ1n) is 9.07. The Morgan fingerprint density at radius 1 is 1.22 bits per heavy atom. The number of para-hydroxylation sites is 2. The molecular weight excluding hydrogens is 358 g/mol. The average molecular weight is 379 g/mol. The molecule has 3 aromatic rings. The number of hydrogen-bond donors (Lipinski definition) is 1. The Hall–Kier alpha value is -2.73. The largest absolute Gasteiger partial charge is 0.339 e. The molecule has 0 radical (unpaired) electrons. The van der Waals surface area contributed by atoms with Crippen LogP contribution in [0.25, 0.3) is 10.2 Å². The zero-order valence-electron chi connectivity index (χ0n) is 15.1. The fraction of sp³-hybridized carbons (Fsp3) is 0.286. The van der Waals surface area contributed by atoms with Gasteiger partial charge in [-0.15, -0.1) is 11.3 Å². The van der Waals surface area contributed by atoms with Crippen LogP contribution in [0.1, 0.15) is 23.4 Å². The second kappa shape index (κ2) is 7.48. The van der Waals surface area contributed by atoms with Crippen LogP contribution in [0.4, 0.5) is 5.69 Å². The van der Waals surface area contributed by atoms with E-state index in [1.807, 2.05) is 48.5 Å². The highest BCUT2D eigenvalue weighted by Crippen LogP contribution is 2.28. The van der Waals surface area contributed by atoms with Gasteiger partial charge in [-0.2, -0.15) is 0 Å². The molecule has 1 N–H and O–H groups in total. The predicted octanol–water partition coefficient (Wildman–Crippen LogP) is 3.85. The highest BCUT2D eigenvalue weighted by molar-refractivity contribution is 7.18. The Bertz CT molecular complexity index is 965. The number of thiazole rings is 1. The summed E-state index contributed by atoms with van der Waals surface area (Å²) in [7, 11) is 1.80. The minimum absolute atomic E-state index is 0.00956. The van der Waals surface area contributed by atoms with Gasteiger partial charge in [0, 0.05) is 25.1 Å². The van der Waals surface area contributed by atoms with E-state index in [0.29, 0.717) is 25.8 Å². The molecule has 0 spiro atoms. The molecular formula is C21H21N3O2S. The van der Waals surface area contributed by atoms with Crippen LogP contribution in [0.15, 0.2) is 48.5 Å². The number of anilines is 1. The van der Waals surface area contributed by atoms with Gasteiger partial charge in [0.05, 0.1) is 16.8 Å². The molecule has 0 bridgehead atoms. The van der Waals surface area contributed by atoms with Crippen molar-refractivity contribution in [3.63, 3.8) is 0 Å². The van der Waals surface area contributed by atoms with Gasteiger partial charge < -0.3 is 10.2 Å². The Kier molecular flexibility index (Phi) is 4.90. The normalized spacial score (nSPS) is 16.0.